The lowest BCUT2D eigenvalue weighted by atomic mass is 10.0. The van der Waals surface area contributed by atoms with Crippen molar-refractivity contribution < 1.29 is 14.6 Å². The second kappa shape index (κ2) is 12.8. The molecule has 3 aromatic carbocycles. The topological polar surface area (TPSA) is 154 Å². The quantitative estimate of drug-likeness (QED) is 0.248. The molecule has 7 rings (SSSR count). The lowest BCUT2D eigenvalue weighted by molar-refractivity contribution is -0.135. The van der Waals surface area contributed by atoms with Gasteiger partial charge < -0.3 is 20.5 Å². The van der Waals surface area contributed by atoms with E-state index in [1.807, 2.05) is 36.4 Å². The molecule has 1 aliphatic heterocycles. The number of aromatic nitrogens is 6. The number of morpholine rings is 1. The third-order valence-corrected chi connectivity index (χ3v) is 8.75. The number of ether oxygens (including phenoxy) is 1. The predicted octanol–water partition coefficient (Wildman–Crippen LogP) is 4.03. The summed E-state index contributed by atoms with van der Waals surface area (Å²) in [5.74, 6) is 0.761. The number of amides is 1. The van der Waals surface area contributed by atoms with E-state index in [1.165, 1.54) is 6.33 Å². The van der Waals surface area contributed by atoms with Crippen molar-refractivity contribution in [2.75, 3.05) is 32.0 Å². The number of carbonyl (C=O) groups excluding carboxylic acids is 1. The van der Waals surface area contributed by atoms with E-state index in [0.717, 1.165) is 11.1 Å². The Morgan fingerprint density at radius 3 is 2.55 bits per heavy atom. The summed E-state index contributed by atoms with van der Waals surface area (Å²) >= 11 is 6.57. The SMILES string of the molecule is Nc1ncnc2c1c(-c1cccc(O)c1)nn2Cc1nc2cccc(CCC(=O)N3CCOCC3)c2c(=O)n1Cc1ccccc1Cl. The van der Waals surface area contributed by atoms with E-state index in [4.69, 9.17) is 32.2 Å². The van der Waals surface area contributed by atoms with Gasteiger partial charge in [0.2, 0.25) is 5.91 Å². The van der Waals surface area contributed by atoms with E-state index in [0.29, 0.717) is 76.8 Å². The van der Waals surface area contributed by atoms with Gasteiger partial charge in [0, 0.05) is 30.1 Å². The number of nitrogens with two attached hydrogens (primary N) is 1. The predicted molar refractivity (Wildman–Crippen MR) is 178 cm³/mol. The number of phenols is 1. The zero-order chi connectivity index (χ0) is 32.5. The van der Waals surface area contributed by atoms with Gasteiger partial charge >= 0.3 is 0 Å². The number of halogens is 1. The second-order valence-corrected chi connectivity index (χ2v) is 11.7. The van der Waals surface area contributed by atoms with E-state index in [9.17, 15) is 14.7 Å². The minimum atomic E-state index is -0.252. The van der Waals surface area contributed by atoms with Crippen molar-refractivity contribution >= 4 is 45.3 Å². The molecule has 0 unspecified atom stereocenters. The molecule has 0 radical (unpaired) electrons. The number of nitrogens with zero attached hydrogens (tertiary/aromatic N) is 7. The number of hydrogen-bond acceptors (Lipinski definition) is 9. The molecule has 0 aliphatic carbocycles. The Bertz CT molecular complexity index is 2190. The monoisotopic (exact) mass is 650 g/mol. The van der Waals surface area contributed by atoms with Crippen molar-refractivity contribution in [1.82, 2.24) is 34.2 Å². The standard InChI is InChI=1S/C34H31ClN8O4/c35-25-9-2-1-5-23(25)18-42-27(19-43-33-30(32(36)37-20-38-33)31(40-43)22-7-3-8-24(44)17-22)39-26-10-4-6-21(29(26)34(42)46)11-12-28(45)41-13-15-47-16-14-41/h1-10,17,20,44H,11-16,18-19H2,(H2,36,37,38). The average molecular weight is 651 g/mol. The number of carbonyl (C=O) groups is 1. The van der Waals surface area contributed by atoms with Gasteiger partial charge in [-0.25, -0.2) is 19.6 Å². The summed E-state index contributed by atoms with van der Waals surface area (Å²) < 4.78 is 8.62. The Labute approximate surface area is 274 Å². The maximum Gasteiger partial charge on any atom is 0.262 e. The maximum absolute atomic E-state index is 14.5. The summed E-state index contributed by atoms with van der Waals surface area (Å²) in [4.78, 5) is 42.9. The fourth-order valence-electron chi connectivity index (χ4n) is 6.01. The molecule has 4 heterocycles. The van der Waals surface area contributed by atoms with Crippen LogP contribution in [0.3, 0.4) is 0 Å². The maximum atomic E-state index is 14.5. The molecule has 1 fully saturated rings. The van der Waals surface area contributed by atoms with Crippen molar-refractivity contribution in [3.8, 4) is 17.0 Å². The van der Waals surface area contributed by atoms with Gasteiger partial charge in [0.15, 0.2) is 5.65 Å². The number of hydrogen-bond donors (Lipinski definition) is 2. The number of benzene rings is 3. The Hall–Kier alpha value is -5.33. The van der Waals surface area contributed by atoms with Crippen LogP contribution in [-0.2, 0) is 29.0 Å². The van der Waals surface area contributed by atoms with Crippen molar-refractivity contribution in [3.05, 3.63) is 105 Å². The molecular formula is C34H31ClN8O4. The van der Waals surface area contributed by atoms with E-state index in [-0.39, 0.29) is 42.5 Å². The largest absolute Gasteiger partial charge is 0.508 e. The van der Waals surface area contributed by atoms with Crippen molar-refractivity contribution in [1.29, 1.82) is 0 Å². The number of anilines is 1. The number of fused-ring (bicyclic) bond motifs is 2. The molecule has 1 amide bonds. The van der Waals surface area contributed by atoms with Gasteiger partial charge in [-0.05, 0) is 41.8 Å². The normalized spacial score (nSPS) is 13.4. The molecule has 1 aliphatic rings. The highest BCUT2D eigenvalue weighted by Crippen LogP contribution is 2.32. The van der Waals surface area contributed by atoms with Crippen LogP contribution in [0, 0.1) is 0 Å². The van der Waals surface area contributed by atoms with Gasteiger partial charge in [-0.3, -0.25) is 14.2 Å². The minimum Gasteiger partial charge on any atom is -0.508 e. The highest BCUT2D eigenvalue weighted by atomic mass is 35.5. The first-order valence-electron chi connectivity index (χ1n) is 15.2. The summed E-state index contributed by atoms with van der Waals surface area (Å²) in [5, 5.41) is 16.5. The molecule has 238 valence electrons. The van der Waals surface area contributed by atoms with Crippen LogP contribution in [-0.4, -0.2) is 71.5 Å². The first kappa shape index (κ1) is 30.3. The molecule has 13 heteroatoms. The van der Waals surface area contributed by atoms with Gasteiger partial charge in [-0.15, -0.1) is 0 Å². The van der Waals surface area contributed by atoms with Gasteiger partial charge in [0.1, 0.15) is 36.0 Å². The second-order valence-electron chi connectivity index (χ2n) is 11.3. The molecule has 0 saturated carbocycles. The molecule has 0 atom stereocenters. The summed E-state index contributed by atoms with van der Waals surface area (Å²) in [6.07, 6.45) is 2.02. The molecule has 0 spiro atoms. The van der Waals surface area contributed by atoms with E-state index in [1.54, 1.807) is 44.5 Å². The molecule has 1 saturated heterocycles. The molecule has 3 aromatic heterocycles. The summed E-state index contributed by atoms with van der Waals surface area (Å²) in [5.41, 5.74) is 9.63. The first-order chi connectivity index (χ1) is 22.9. The summed E-state index contributed by atoms with van der Waals surface area (Å²) in [6, 6.07) is 19.6. The van der Waals surface area contributed by atoms with Crippen LogP contribution in [0.15, 0.2) is 77.9 Å². The van der Waals surface area contributed by atoms with Crippen LogP contribution < -0.4 is 11.3 Å². The third-order valence-electron chi connectivity index (χ3n) is 8.38. The van der Waals surface area contributed by atoms with Crippen LogP contribution >= 0.6 is 11.6 Å². The lowest BCUT2D eigenvalue weighted by Gasteiger charge is -2.26. The molecule has 0 bridgehead atoms. The number of rotatable bonds is 8. The van der Waals surface area contributed by atoms with Crippen molar-refractivity contribution in [2.24, 2.45) is 0 Å². The highest BCUT2D eigenvalue weighted by molar-refractivity contribution is 6.31. The fraction of sp³-hybridized carbons (Fsp3) is 0.235. The van der Waals surface area contributed by atoms with Crippen LogP contribution in [0.5, 0.6) is 5.75 Å². The Morgan fingerprint density at radius 2 is 1.74 bits per heavy atom. The zero-order valence-electron chi connectivity index (χ0n) is 25.3. The number of aromatic hydroxyl groups is 1. The van der Waals surface area contributed by atoms with E-state index in [2.05, 4.69) is 9.97 Å². The average Bonchev–Trinajstić information content (AvgIpc) is 3.46. The van der Waals surface area contributed by atoms with E-state index < -0.39 is 0 Å². The molecular weight excluding hydrogens is 620 g/mol. The van der Waals surface area contributed by atoms with Crippen LogP contribution in [0.25, 0.3) is 33.2 Å². The molecule has 12 nitrogen and oxygen atoms in total. The van der Waals surface area contributed by atoms with Crippen LogP contribution in [0.2, 0.25) is 5.02 Å². The number of nitrogen functional groups attached to an aromatic ring is 1. The zero-order valence-corrected chi connectivity index (χ0v) is 26.1. The Morgan fingerprint density at radius 1 is 0.957 bits per heavy atom. The van der Waals surface area contributed by atoms with Gasteiger partial charge in [0.25, 0.3) is 5.56 Å². The highest BCUT2D eigenvalue weighted by Gasteiger charge is 2.22. The minimum absolute atomic E-state index is 0.0284. The van der Waals surface area contributed by atoms with Crippen molar-refractivity contribution in [3.63, 3.8) is 0 Å². The molecule has 3 N–H and O–H groups in total. The number of aryl methyl sites for hydroxylation is 1. The van der Waals surface area contributed by atoms with Gasteiger partial charge in [-0.1, -0.05) is 54.1 Å². The van der Waals surface area contributed by atoms with Gasteiger partial charge in [-0.2, -0.15) is 5.10 Å². The fourth-order valence-corrected chi connectivity index (χ4v) is 6.21. The summed E-state index contributed by atoms with van der Waals surface area (Å²) in [7, 11) is 0. The van der Waals surface area contributed by atoms with E-state index >= 15 is 0 Å². The van der Waals surface area contributed by atoms with Gasteiger partial charge in [0.05, 0.1) is 36.0 Å². The smallest absolute Gasteiger partial charge is 0.262 e. The van der Waals surface area contributed by atoms with Crippen LogP contribution in [0.4, 0.5) is 5.82 Å². The molecule has 6 aromatic rings. The molecule has 47 heavy (non-hydrogen) atoms. The lowest BCUT2D eigenvalue weighted by Crippen LogP contribution is -2.40. The Balaban J connectivity index is 1.34. The van der Waals surface area contributed by atoms with Crippen LogP contribution in [0.1, 0.15) is 23.4 Å². The third kappa shape index (κ3) is 6.00. The summed E-state index contributed by atoms with van der Waals surface area (Å²) in [6.45, 7) is 2.41. The Kier molecular flexibility index (Phi) is 8.27. The number of phenolic OH excluding ortho intramolecular Hbond substituents is 1. The first-order valence-corrected chi connectivity index (χ1v) is 15.6. The van der Waals surface area contributed by atoms with Crippen molar-refractivity contribution in [2.45, 2.75) is 25.9 Å².